The summed E-state index contributed by atoms with van der Waals surface area (Å²) in [5, 5.41) is 7.30. The minimum atomic E-state index is -0.274. The number of carbonyl (C=O) groups is 1. The van der Waals surface area contributed by atoms with E-state index >= 15 is 0 Å². The van der Waals surface area contributed by atoms with Crippen LogP contribution in [0, 0.1) is 0 Å². The maximum Gasteiger partial charge on any atom is 0.242 e. The molecule has 1 saturated carbocycles. The molecular formula is C20H30ClN3O. The third-order valence-electron chi connectivity index (χ3n) is 5.37. The van der Waals surface area contributed by atoms with E-state index in [4.69, 9.17) is 11.6 Å². The summed E-state index contributed by atoms with van der Waals surface area (Å²) in [6.45, 7) is 4.07. The van der Waals surface area contributed by atoms with Crippen LogP contribution in [-0.2, 0) is 4.79 Å². The summed E-state index contributed by atoms with van der Waals surface area (Å²) in [7, 11) is 0. The van der Waals surface area contributed by atoms with Crippen LogP contribution in [0.25, 0.3) is 0 Å². The number of nitrogens with one attached hydrogen (secondary N) is 2. The second kappa shape index (κ2) is 8.79. The van der Waals surface area contributed by atoms with E-state index in [-0.39, 0.29) is 11.9 Å². The zero-order valence-electron chi connectivity index (χ0n) is 15.2. The lowest BCUT2D eigenvalue weighted by Gasteiger charge is -2.32. The molecule has 1 saturated heterocycles. The second-order valence-corrected chi connectivity index (χ2v) is 7.86. The molecule has 1 aliphatic heterocycles. The van der Waals surface area contributed by atoms with Crippen LogP contribution in [0.15, 0.2) is 18.2 Å². The van der Waals surface area contributed by atoms with Crippen molar-refractivity contribution >= 4 is 28.9 Å². The largest absolute Gasteiger partial charge is 0.372 e. The number of halogens is 1. The van der Waals surface area contributed by atoms with Crippen LogP contribution in [0.2, 0.25) is 5.02 Å². The third kappa shape index (κ3) is 5.04. The van der Waals surface area contributed by atoms with Crippen LogP contribution < -0.4 is 15.5 Å². The molecule has 2 fully saturated rings. The van der Waals surface area contributed by atoms with Crippen LogP contribution in [0.4, 0.5) is 11.4 Å². The number of hydrogen-bond donors (Lipinski definition) is 2. The van der Waals surface area contributed by atoms with E-state index in [1.807, 2.05) is 19.1 Å². The lowest BCUT2D eigenvalue weighted by Crippen LogP contribution is -2.44. The van der Waals surface area contributed by atoms with Gasteiger partial charge in [-0.3, -0.25) is 4.79 Å². The molecule has 1 aromatic rings. The van der Waals surface area contributed by atoms with Crippen molar-refractivity contribution in [1.82, 2.24) is 5.32 Å². The van der Waals surface area contributed by atoms with Gasteiger partial charge in [-0.25, -0.2) is 0 Å². The van der Waals surface area contributed by atoms with Crippen LogP contribution >= 0.6 is 11.6 Å². The average Bonchev–Trinajstić information content (AvgIpc) is 2.63. The van der Waals surface area contributed by atoms with E-state index in [1.165, 1.54) is 38.5 Å². The van der Waals surface area contributed by atoms with E-state index in [2.05, 4.69) is 21.6 Å². The second-order valence-electron chi connectivity index (χ2n) is 7.42. The van der Waals surface area contributed by atoms with Gasteiger partial charge < -0.3 is 15.5 Å². The van der Waals surface area contributed by atoms with Gasteiger partial charge in [0.2, 0.25) is 5.91 Å². The zero-order valence-corrected chi connectivity index (χ0v) is 15.9. The standard InChI is InChI=1S/C20H30ClN3O/c1-15(20(25)23-17-8-4-2-5-9-17)22-18-14-16(21)10-11-19(18)24-12-6-3-7-13-24/h10-11,14-15,17,22H,2-9,12-13H2,1H3,(H,23,25)/t15-/m0/s1. The smallest absolute Gasteiger partial charge is 0.242 e. The monoisotopic (exact) mass is 363 g/mol. The predicted octanol–water partition coefficient (Wildman–Crippen LogP) is 4.58. The van der Waals surface area contributed by atoms with Crippen molar-refractivity contribution in [2.45, 2.75) is 70.4 Å². The first-order valence-electron chi connectivity index (χ1n) is 9.75. The van der Waals surface area contributed by atoms with Crippen LogP contribution in [0.5, 0.6) is 0 Å². The summed E-state index contributed by atoms with van der Waals surface area (Å²) < 4.78 is 0. The van der Waals surface area contributed by atoms with E-state index in [0.717, 1.165) is 37.3 Å². The van der Waals surface area contributed by atoms with Gasteiger partial charge in [-0.05, 0) is 57.2 Å². The van der Waals surface area contributed by atoms with Gasteiger partial charge in [-0.15, -0.1) is 0 Å². The molecule has 1 atom stereocenters. The SMILES string of the molecule is C[C@H](Nc1cc(Cl)ccc1N1CCCCC1)C(=O)NC1CCCCC1. The Bertz CT molecular complexity index is 580. The van der Waals surface area contributed by atoms with Crippen molar-refractivity contribution in [3.63, 3.8) is 0 Å². The van der Waals surface area contributed by atoms with Gasteiger partial charge in [0.15, 0.2) is 0 Å². The Morgan fingerprint density at radius 1 is 1.12 bits per heavy atom. The number of piperidine rings is 1. The molecule has 1 heterocycles. The Morgan fingerprint density at radius 2 is 1.80 bits per heavy atom. The van der Waals surface area contributed by atoms with E-state index in [9.17, 15) is 4.79 Å². The maximum absolute atomic E-state index is 12.6. The zero-order chi connectivity index (χ0) is 17.6. The molecule has 0 radical (unpaired) electrons. The van der Waals surface area contributed by atoms with Crippen LogP contribution in [-0.4, -0.2) is 31.1 Å². The molecule has 4 nitrogen and oxygen atoms in total. The number of rotatable bonds is 5. The first-order valence-corrected chi connectivity index (χ1v) is 10.1. The predicted molar refractivity (Wildman–Crippen MR) is 106 cm³/mol. The molecular weight excluding hydrogens is 334 g/mol. The van der Waals surface area contributed by atoms with Gasteiger partial charge in [-0.1, -0.05) is 30.9 Å². The van der Waals surface area contributed by atoms with Gasteiger partial charge in [0.1, 0.15) is 6.04 Å². The number of carbonyl (C=O) groups excluding carboxylic acids is 1. The molecule has 1 amide bonds. The molecule has 138 valence electrons. The van der Waals surface area contributed by atoms with Gasteiger partial charge in [0.25, 0.3) is 0 Å². The third-order valence-corrected chi connectivity index (χ3v) is 5.61. The van der Waals surface area contributed by atoms with E-state index < -0.39 is 0 Å². The fourth-order valence-electron chi connectivity index (χ4n) is 3.91. The van der Waals surface area contributed by atoms with E-state index in [0.29, 0.717) is 11.1 Å². The number of nitrogens with zero attached hydrogens (tertiary/aromatic N) is 1. The topological polar surface area (TPSA) is 44.4 Å². The number of benzene rings is 1. The summed E-state index contributed by atoms with van der Waals surface area (Å²) in [5.74, 6) is 0.0801. The number of amides is 1. The fraction of sp³-hybridized carbons (Fsp3) is 0.650. The molecule has 0 spiro atoms. The quantitative estimate of drug-likeness (QED) is 0.804. The van der Waals surface area contributed by atoms with Gasteiger partial charge >= 0.3 is 0 Å². The highest BCUT2D eigenvalue weighted by atomic mass is 35.5. The minimum Gasteiger partial charge on any atom is -0.372 e. The normalized spacial score (nSPS) is 20.2. The molecule has 3 rings (SSSR count). The van der Waals surface area contributed by atoms with Crippen LogP contribution in [0.1, 0.15) is 58.3 Å². The Kier molecular flexibility index (Phi) is 6.46. The summed E-state index contributed by atoms with van der Waals surface area (Å²) in [5.41, 5.74) is 2.11. The molecule has 5 heteroatoms. The molecule has 0 bridgehead atoms. The molecule has 2 N–H and O–H groups in total. The molecule has 0 unspecified atom stereocenters. The maximum atomic E-state index is 12.6. The summed E-state index contributed by atoms with van der Waals surface area (Å²) in [4.78, 5) is 15.0. The molecule has 25 heavy (non-hydrogen) atoms. The highest BCUT2D eigenvalue weighted by Crippen LogP contribution is 2.31. The minimum absolute atomic E-state index is 0.0801. The van der Waals surface area contributed by atoms with Crippen molar-refractivity contribution in [1.29, 1.82) is 0 Å². The fourth-order valence-corrected chi connectivity index (χ4v) is 4.08. The Balaban J connectivity index is 1.65. The van der Waals surface area contributed by atoms with Crippen LogP contribution in [0.3, 0.4) is 0 Å². The summed E-state index contributed by atoms with van der Waals surface area (Å²) in [6, 6.07) is 6.01. The van der Waals surface area contributed by atoms with Gasteiger partial charge in [0.05, 0.1) is 11.4 Å². The highest BCUT2D eigenvalue weighted by Gasteiger charge is 2.21. The van der Waals surface area contributed by atoms with Crippen molar-refractivity contribution in [2.75, 3.05) is 23.3 Å². The average molecular weight is 364 g/mol. The molecule has 2 aliphatic rings. The van der Waals surface area contributed by atoms with Crippen molar-refractivity contribution in [3.05, 3.63) is 23.2 Å². The summed E-state index contributed by atoms with van der Waals surface area (Å²) >= 11 is 6.22. The lowest BCUT2D eigenvalue weighted by atomic mass is 9.95. The van der Waals surface area contributed by atoms with Gasteiger partial charge in [0, 0.05) is 24.2 Å². The summed E-state index contributed by atoms with van der Waals surface area (Å²) in [6.07, 6.45) is 9.69. The van der Waals surface area contributed by atoms with E-state index in [1.54, 1.807) is 0 Å². The lowest BCUT2D eigenvalue weighted by molar-refractivity contribution is -0.122. The first kappa shape index (κ1) is 18.4. The van der Waals surface area contributed by atoms with Crippen molar-refractivity contribution < 1.29 is 4.79 Å². The number of anilines is 2. The number of hydrogen-bond acceptors (Lipinski definition) is 3. The van der Waals surface area contributed by atoms with Crippen molar-refractivity contribution in [2.24, 2.45) is 0 Å². The first-order chi connectivity index (χ1) is 12.1. The van der Waals surface area contributed by atoms with Gasteiger partial charge in [-0.2, -0.15) is 0 Å². The highest BCUT2D eigenvalue weighted by molar-refractivity contribution is 6.31. The molecule has 1 aliphatic carbocycles. The Labute approximate surface area is 156 Å². The van der Waals surface area contributed by atoms with Crippen molar-refractivity contribution in [3.8, 4) is 0 Å². The molecule has 1 aromatic carbocycles. The molecule has 0 aromatic heterocycles. The Morgan fingerprint density at radius 3 is 2.52 bits per heavy atom. The Hall–Kier alpha value is -1.42.